The van der Waals surface area contributed by atoms with Gasteiger partial charge in [-0.15, -0.1) is 12.4 Å². The van der Waals surface area contributed by atoms with Crippen LogP contribution in [0.1, 0.15) is 12.8 Å². The Morgan fingerprint density at radius 1 is 1.27 bits per heavy atom. The number of hydrogen-bond acceptors (Lipinski definition) is 4. The smallest absolute Gasteiger partial charge is 0.243 e. The summed E-state index contributed by atoms with van der Waals surface area (Å²) in [5.74, 6) is -0.260. The molecule has 0 unspecified atom stereocenters. The summed E-state index contributed by atoms with van der Waals surface area (Å²) in [4.78, 5) is 12.2. The fraction of sp³-hybridized carbons (Fsp3) is 0.500. The molecule has 0 radical (unpaired) electrons. The molecule has 1 amide bonds. The van der Waals surface area contributed by atoms with E-state index in [1.807, 2.05) is 0 Å². The van der Waals surface area contributed by atoms with Gasteiger partial charge in [0, 0.05) is 13.1 Å². The van der Waals surface area contributed by atoms with E-state index in [1.165, 1.54) is 19.2 Å². The fourth-order valence-corrected chi connectivity index (χ4v) is 3.45. The van der Waals surface area contributed by atoms with Crippen LogP contribution in [0.2, 0.25) is 0 Å². The van der Waals surface area contributed by atoms with Gasteiger partial charge in [0.05, 0.1) is 11.4 Å². The van der Waals surface area contributed by atoms with Gasteiger partial charge in [0.25, 0.3) is 0 Å². The van der Waals surface area contributed by atoms with Crippen molar-refractivity contribution in [2.75, 3.05) is 26.7 Å². The third-order valence-electron chi connectivity index (χ3n) is 3.52. The average Bonchev–Trinajstić information content (AvgIpc) is 2.49. The molecule has 1 aromatic rings. The molecule has 2 N–H and O–H groups in total. The summed E-state index contributed by atoms with van der Waals surface area (Å²) in [5, 5.41) is 6.11. The second-order valence-electron chi connectivity index (χ2n) is 5.17. The van der Waals surface area contributed by atoms with E-state index in [4.69, 9.17) is 0 Å². The van der Waals surface area contributed by atoms with Gasteiger partial charge in [0.2, 0.25) is 15.9 Å². The van der Waals surface area contributed by atoms with E-state index in [9.17, 15) is 13.2 Å². The minimum Gasteiger partial charge on any atom is -0.352 e. The van der Waals surface area contributed by atoms with Gasteiger partial charge in [-0.25, -0.2) is 8.42 Å². The Morgan fingerprint density at radius 2 is 1.86 bits per heavy atom. The number of hydrogen-bond donors (Lipinski definition) is 2. The van der Waals surface area contributed by atoms with Crippen LogP contribution < -0.4 is 10.6 Å². The summed E-state index contributed by atoms with van der Waals surface area (Å²) in [5.41, 5.74) is 0. The first kappa shape index (κ1) is 18.9. The third kappa shape index (κ3) is 4.95. The van der Waals surface area contributed by atoms with Crippen LogP contribution in [-0.2, 0) is 14.8 Å². The van der Waals surface area contributed by atoms with Crippen LogP contribution in [0.25, 0.3) is 0 Å². The van der Waals surface area contributed by atoms with Crippen LogP contribution in [0.15, 0.2) is 35.2 Å². The minimum absolute atomic E-state index is 0. The second-order valence-corrected chi connectivity index (χ2v) is 7.21. The number of nitrogens with one attached hydrogen (secondary N) is 2. The van der Waals surface area contributed by atoms with Crippen LogP contribution in [0.3, 0.4) is 0 Å². The maximum Gasteiger partial charge on any atom is 0.243 e. The molecule has 0 saturated carbocycles. The SMILES string of the molecule is CN(CC(=O)NC1CCNCC1)S(=O)(=O)c1ccccc1.Cl. The molecule has 0 atom stereocenters. The van der Waals surface area contributed by atoms with Gasteiger partial charge < -0.3 is 10.6 Å². The highest BCUT2D eigenvalue weighted by Gasteiger charge is 2.24. The molecule has 22 heavy (non-hydrogen) atoms. The van der Waals surface area contributed by atoms with Crippen LogP contribution >= 0.6 is 12.4 Å². The number of benzene rings is 1. The Labute approximate surface area is 137 Å². The Bertz CT molecular complexity index is 574. The lowest BCUT2D eigenvalue weighted by Crippen LogP contribution is -2.46. The molecular weight excluding hydrogens is 326 g/mol. The number of sulfonamides is 1. The largest absolute Gasteiger partial charge is 0.352 e. The topological polar surface area (TPSA) is 78.5 Å². The summed E-state index contributed by atoms with van der Waals surface area (Å²) in [6, 6.07) is 8.26. The van der Waals surface area contributed by atoms with Gasteiger partial charge in [0.15, 0.2) is 0 Å². The number of amides is 1. The highest BCUT2D eigenvalue weighted by Crippen LogP contribution is 2.13. The number of halogens is 1. The summed E-state index contributed by atoms with van der Waals surface area (Å²) in [7, 11) is -2.19. The van der Waals surface area contributed by atoms with E-state index in [2.05, 4.69) is 10.6 Å². The number of nitrogens with zero attached hydrogens (tertiary/aromatic N) is 1. The quantitative estimate of drug-likeness (QED) is 0.817. The Hall–Kier alpha value is -1.15. The maximum atomic E-state index is 12.3. The van der Waals surface area contributed by atoms with Gasteiger partial charge in [-0.3, -0.25) is 4.79 Å². The van der Waals surface area contributed by atoms with Crippen molar-refractivity contribution in [3.63, 3.8) is 0 Å². The van der Waals surface area contributed by atoms with Crippen molar-refractivity contribution < 1.29 is 13.2 Å². The first-order valence-electron chi connectivity index (χ1n) is 7.01. The van der Waals surface area contributed by atoms with Crippen molar-refractivity contribution in [1.82, 2.24) is 14.9 Å². The predicted octanol–water partition coefficient (Wildman–Crippen LogP) is 0.597. The monoisotopic (exact) mass is 347 g/mol. The van der Waals surface area contributed by atoms with Gasteiger partial charge in [0.1, 0.15) is 0 Å². The zero-order valence-electron chi connectivity index (χ0n) is 12.5. The molecule has 1 aliphatic rings. The molecule has 1 fully saturated rings. The van der Waals surface area contributed by atoms with Crippen molar-refractivity contribution >= 4 is 28.3 Å². The molecule has 1 heterocycles. The van der Waals surface area contributed by atoms with Crippen LogP contribution in [-0.4, -0.2) is 51.4 Å². The summed E-state index contributed by atoms with van der Waals surface area (Å²) in [6.07, 6.45) is 1.75. The fourth-order valence-electron chi connectivity index (χ4n) is 2.30. The lowest BCUT2D eigenvalue weighted by Gasteiger charge is -2.25. The molecule has 2 rings (SSSR count). The normalized spacial score (nSPS) is 16.1. The number of likely N-dealkylation sites (N-methyl/N-ethyl adjacent to an activating group) is 1. The van der Waals surface area contributed by atoms with Gasteiger partial charge >= 0.3 is 0 Å². The Balaban J connectivity index is 0.00000242. The molecule has 0 bridgehead atoms. The van der Waals surface area contributed by atoms with E-state index >= 15 is 0 Å². The number of carbonyl (C=O) groups excluding carboxylic acids is 1. The molecule has 1 aliphatic heterocycles. The van der Waals surface area contributed by atoms with Gasteiger partial charge in [-0.1, -0.05) is 18.2 Å². The maximum absolute atomic E-state index is 12.3. The van der Waals surface area contributed by atoms with E-state index in [0.717, 1.165) is 30.2 Å². The van der Waals surface area contributed by atoms with E-state index in [-0.39, 0.29) is 35.8 Å². The highest BCUT2D eigenvalue weighted by atomic mass is 35.5. The Morgan fingerprint density at radius 3 is 2.45 bits per heavy atom. The van der Waals surface area contributed by atoms with Crippen molar-refractivity contribution in [3.05, 3.63) is 30.3 Å². The second kappa shape index (κ2) is 8.47. The Kier molecular flexibility index (Phi) is 7.28. The zero-order chi connectivity index (χ0) is 15.3. The standard InChI is InChI=1S/C14H21N3O3S.ClH/c1-17(21(19,20)13-5-3-2-4-6-13)11-14(18)16-12-7-9-15-10-8-12;/h2-6,12,15H,7-11H2,1H3,(H,16,18);1H. The molecule has 0 aromatic heterocycles. The van der Waals surface area contributed by atoms with Crippen molar-refractivity contribution in [1.29, 1.82) is 0 Å². The van der Waals surface area contributed by atoms with Crippen LogP contribution in [0.5, 0.6) is 0 Å². The van der Waals surface area contributed by atoms with Gasteiger partial charge in [-0.05, 0) is 38.1 Å². The molecule has 1 aromatic carbocycles. The molecular formula is C14H22ClN3O3S. The highest BCUT2D eigenvalue weighted by molar-refractivity contribution is 7.89. The van der Waals surface area contributed by atoms with Crippen LogP contribution in [0.4, 0.5) is 0 Å². The number of rotatable bonds is 5. The molecule has 124 valence electrons. The van der Waals surface area contributed by atoms with Gasteiger partial charge in [-0.2, -0.15) is 4.31 Å². The molecule has 0 spiro atoms. The minimum atomic E-state index is -3.61. The van der Waals surface area contributed by atoms with E-state index in [1.54, 1.807) is 18.2 Å². The zero-order valence-corrected chi connectivity index (χ0v) is 14.1. The number of carbonyl (C=O) groups is 1. The first-order chi connectivity index (χ1) is 10.00. The van der Waals surface area contributed by atoms with Crippen molar-refractivity contribution in [2.24, 2.45) is 0 Å². The summed E-state index contributed by atoms with van der Waals surface area (Å²) in [6.45, 7) is 1.59. The molecule has 6 nitrogen and oxygen atoms in total. The lowest BCUT2D eigenvalue weighted by molar-refractivity contribution is -0.122. The predicted molar refractivity (Wildman–Crippen MR) is 87.5 cm³/mol. The third-order valence-corrected chi connectivity index (χ3v) is 5.34. The van der Waals surface area contributed by atoms with E-state index in [0.29, 0.717) is 0 Å². The first-order valence-corrected chi connectivity index (χ1v) is 8.45. The van der Waals surface area contributed by atoms with Crippen molar-refractivity contribution in [2.45, 2.75) is 23.8 Å². The summed E-state index contributed by atoms with van der Waals surface area (Å²) < 4.78 is 25.7. The van der Waals surface area contributed by atoms with Crippen LogP contribution in [0, 0.1) is 0 Å². The van der Waals surface area contributed by atoms with Crippen molar-refractivity contribution in [3.8, 4) is 0 Å². The average molecular weight is 348 g/mol. The lowest BCUT2D eigenvalue weighted by atomic mass is 10.1. The van der Waals surface area contributed by atoms with E-state index < -0.39 is 10.0 Å². The molecule has 1 saturated heterocycles. The molecule has 0 aliphatic carbocycles. The number of piperidine rings is 1. The molecule has 8 heteroatoms. The summed E-state index contributed by atoms with van der Waals surface area (Å²) >= 11 is 0.